The molecule has 0 bridgehead atoms. The number of hydrogen-bond acceptors (Lipinski definition) is 6. The van der Waals surface area contributed by atoms with E-state index in [1.54, 1.807) is 22.0 Å². The van der Waals surface area contributed by atoms with Crippen molar-refractivity contribution < 1.29 is 26.0 Å². The van der Waals surface area contributed by atoms with Gasteiger partial charge in [-0.05, 0) is 73.5 Å². The van der Waals surface area contributed by atoms with Crippen LogP contribution in [0.5, 0.6) is 0 Å². The van der Waals surface area contributed by atoms with Crippen molar-refractivity contribution in [2.24, 2.45) is 0 Å². The molecule has 1 atom stereocenters. The van der Waals surface area contributed by atoms with E-state index in [0.717, 1.165) is 18.1 Å². The summed E-state index contributed by atoms with van der Waals surface area (Å²) in [7, 11) is -4.64. The van der Waals surface area contributed by atoms with Crippen LogP contribution in [0.15, 0.2) is 0 Å². The minimum Gasteiger partial charge on any atom is -0.544 e. The molecule has 0 aromatic rings. The van der Waals surface area contributed by atoms with Gasteiger partial charge in [0.15, 0.2) is 14.9 Å². The molecule has 1 aliphatic rings. The van der Waals surface area contributed by atoms with Crippen molar-refractivity contribution in [3.63, 3.8) is 0 Å². The largest absolute Gasteiger partial charge is 0.544 e. The first kappa shape index (κ1) is 32.8. The fraction of sp³-hybridized carbons (Fsp3) is 0.944. The summed E-state index contributed by atoms with van der Waals surface area (Å²) < 4.78 is 73.0. The summed E-state index contributed by atoms with van der Waals surface area (Å²) >= 11 is 5.63. The molecule has 0 aromatic heterocycles. The van der Waals surface area contributed by atoms with Crippen LogP contribution in [0, 0.1) is 0 Å². The second-order valence-corrected chi connectivity index (χ2v) is 11.0. The number of halogens is 5. The van der Waals surface area contributed by atoms with Crippen LogP contribution in [-0.2, 0) is 10.0 Å². The topological polar surface area (TPSA) is 58.0 Å². The number of likely N-dealkylation sites (N-methyl/N-ethyl adjacent to an activating group) is 3. The summed E-state index contributed by atoms with van der Waals surface area (Å²) in [6.07, 6.45) is -1.37. The molecule has 194 valence electrons. The Labute approximate surface area is 212 Å². The lowest BCUT2D eigenvalue weighted by Crippen LogP contribution is -2.34. The molecule has 14 heteroatoms. The molecule has 32 heavy (non-hydrogen) atoms. The van der Waals surface area contributed by atoms with Gasteiger partial charge in [-0.15, -0.1) is 0 Å². The number of hydrogen-bond donors (Lipinski definition) is 0. The van der Waals surface area contributed by atoms with Crippen molar-refractivity contribution in [3.8, 4) is 0 Å². The highest BCUT2D eigenvalue weighted by Crippen LogP contribution is 2.38. The Morgan fingerprint density at radius 2 is 1.16 bits per heavy atom. The maximum absolute atomic E-state index is 11.4. The van der Waals surface area contributed by atoms with Crippen LogP contribution in [0.1, 0.15) is 41.5 Å². The average molecular weight is 642 g/mol. The number of sulfonamides is 1. The molecule has 0 saturated heterocycles. The van der Waals surface area contributed by atoms with Crippen LogP contribution in [0.4, 0.5) is 17.6 Å². The first-order chi connectivity index (χ1) is 15.1. The standard InChI is InChI=1S/C15H33N3.C2H3F3NO2S.CHFIPS/c1-7-16(8-2)13-14(17(9-3)10-4)15(13)18(11-5)12-6;1-6-9(7,8)2(3,4)5;2-1(5)4-3/h13-15H,7-12H2,1-6H3;1H3;4H/q;-1;/i;;4T. The van der Waals surface area contributed by atoms with E-state index in [4.69, 9.17) is 1.28 Å². The molecular weight excluding hydrogens is 602 g/mol. The van der Waals surface area contributed by atoms with Crippen LogP contribution in [0.25, 0.3) is 4.72 Å². The molecule has 1 aliphatic carbocycles. The highest BCUT2D eigenvalue weighted by Gasteiger charge is 2.57. The molecule has 1 fully saturated rings. The van der Waals surface area contributed by atoms with Crippen LogP contribution in [0.2, 0.25) is 0 Å². The van der Waals surface area contributed by atoms with E-state index < -0.39 is 26.6 Å². The second-order valence-electron chi connectivity index (χ2n) is 6.58. The second kappa shape index (κ2) is 17.2. The predicted molar refractivity (Wildman–Crippen MR) is 140 cm³/mol. The maximum Gasteiger partial charge on any atom is 0.480 e. The van der Waals surface area contributed by atoms with Gasteiger partial charge >= 0.3 is 5.51 Å². The third kappa shape index (κ3) is 11.5. The quantitative estimate of drug-likeness (QED) is 0.101. The number of nitrogens with zero attached hydrogens (tertiary/aromatic N) is 4. The third-order valence-corrected chi connectivity index (χ3v) is 8.94. The zero-order valence-corrected chi connectivity index (χ0v) is 24.4. The molecule has 0 spiro atoms. The molecule has 0 N–H and O–H groups in total. The Balaban J connectivity index is 0. The van der Waals surface area contributed by atoms with Gasteiger partial charge < -0.3 is 4.72 Å². The molecule has 1 unspecified atom stereocenters. The summed E-state index contributed by atoms with van der Waals surface area (Å²) in [5, 5.41) is 0. The zero-order chi connectivity index (χ0) is 26.6. The first-order valence-corrected chi connectivity index (χ1v) is 16.0. The van der Waals surface area contributed by atoms with Crippen molar-refractivity contribution in [3.05, 3.63) is 4.72 Å². The van der Waals surface area contributed by atoms with Crippen LogP contribution >= 0.6 is 40.4 Å². The van der Waals surface area contributed by atoms with E-state index in [1.807, 2.05) is 0 Å². The van der Waals surface area contributed by atoms with Gasteiger partial charge in [-0.2, -0.15) is 24.6 Å². The molecule has 1 rings (SSSR count). The molecule has 0 radical (unpaired) electrons. The Morgan fingerprint density at radius 3 is 1.22 bits per heavy atom. The van der Waals surface area contributed by atoms with E-state index in [2.05, 4.69) is 73.2 Å². The summed E-state index contributed by atoms with van der Waals surface area (Å²) in [6.45, 7) is 20.8. The van der Waals surface area contributed by atoms with Crippen molar-refractivity contribution in [1.29, 1.82) is 1.28 Å². The van der Waals surface area contributed by atoms with Crippen LogP contribution < -0.4 is 0 Å². The number of alkyl halides is 3. The SMILES string of the molecule is CCN(CC)C1C(N(CC)CC)C1N(CC)CC.C[N-]S(=O)(=O)C(F)(F)F.[3H]P(I)C(F)=S. The van der Waals surface area contributed by atoms with Gasteiger partial charge in [0.2, 0.25) is 0 Å². The fourth-order valence-electron chi connectivity index (χ4n) is 3.60. The fourth-order valence-corrected chi connectivity index (χ4v) is 3.81. The van der Waals surface area contributed by atoms with Crippen LogP contribution in [-0.4, -0.2) is 99.2 Å². The minimum atomic E-state index is -5.25. The third-order valence-electron chi connectivity index (χ3n) is 5.21. The van der Waals surface area contributed by atoms with E-state index in [0.29, 0.717) is 7.05 Å². The average Bonchev–Trinajstić information content (AvgIpc) is 3.45. The lowest BCUT2D eigenvalue weighted by molar-refractivity contribution is -0.0426. The molecule has 1 saturated carbocycles. The van der Waals surface area contributed by atoms with Gasteiger partial charge in [-0.1, -0.05) is 41.5 Å². The Morgan fingerprint density at radius 1 is 0.938 bits per heavy atom. The molecule has 0 aliphatic heterocycles. The minimum absolute atomic E-state index is 0.572. The number of thiocarbonyl (C=S) groups is 1. The summed E-state index contributed by atoms with van der Waals surface area (Å²) in [4.78, 5) is 7.25. The molecule has 6 nitrogen and oxygen atoms in total. The Bertz CT molecular complexity index is 610. The Hall–Kier alpha value is 0.760. The van der Waals surface area contributed by atoms with Gasteiger partial charge in [0, 0.05) is 24.3 Å². The van der Waals surface area contributed by atoms with Crippen molar-refractivity contribution >= 4 is 55.3 Å². The van der Waals surface area contributed by atoms with E-state index in [9.17, 15) is 26.0 Å². The van der Waals surface area contributed by atoms with Crippen LogP contribution in [0.3, 0.4) is 0 Å². The summed E-state index contributed by atoms with van der Waals surface area (Å²) in [5.41, 5.74) is -5.25. The lowest BCUT2D eigenvalue weighted by Gasteiger charge is -2.22. The first-order valence-electron chi connectivity index (χ1n) is 10.9. The zero-order valence-electron chi connectivity index (χ0n) is 20.7. The van der Waals surface area contributed by atoms with Crippen molar-refractivity contribution in [2.75, 3.05) is 46.3 Å². The molecule has 0 amide bonds. The van der Waals surface area contributed by atoms with Gasteiger partial charge in [-0.3, -0.25) is 14.7 Å². The van der Waals surface area contributed by atoms with E-state index in [1.165, 1.54) is 39.3 Å². The molecule has 0 aromatic carbocycles. The number of rotatable bonds is 11. The monoisotopic (exact) mass is 641 g/mol. The molecular formula is C18H37F4IN4O2PS2-. The maximum atomic E-state index is 11.4. The lowest BCUT2D eigenvalue weighted by atomic mass is 10.4. The normalized spacial score (nSPS) is 22.0. The van der Waals surface area contributed by atoms with Gasteiger partial charge in [-0.25, -0.2) is 8.42 Å². The van der Waals surface area contributed by atoms with Gasteiger partial charge in [0.25, 0.3) is 0 Å². The van der Waals surface area contributed by atoms with E-state index in [-0.39, 0.29) is 0 Å². The Kier molecular flexibility index (Phi) is 17.6. The summed E-state index contributed by atoms with van der Waals surface area (Å²) in [6, 6.07) is 2.25. The van der Waals surface area contributed by atoms with E-state index >= 15 is 0 Å². The van der Waals surface area contributed by atoms with Gasteiger partial charge in [0.05, 0.1) is 1.28 Å². The van der Waals surface area contributed by atoms with Crippen molar-refractivity contribution in [1.82, 2.24) is 14.7 Å². The van der Waals surface area contributed by atoms with Gasteiger partial charge in [0.1, 0.15) is 0 Å². The highest BCUT2D eigenvalue weighted by molar-refractivity contribution is 14.2. The highest BCUT2D eigenvalue weighted by atomic mass is 127. The summed E-state index contributed by atoms with van der Waals surface area (Å²) in [5.74, 6) is 0. The smallest absolute Gasteiger partial charge is 0.480 e. The van der Waals surface area contributed by atoms with Crippen molar-refractivity contribution in [2.45, 2.75) is 65.2 Å². The predicted octanol–water partition coefficient (Wildman–Crippen LogP) is 5.24. The molecule has 0 heterocycles.